The van der Waals surface area contributed by atoms with E-state index in [-0.39, 0.29) is 35.0 Å². The van der Waals surface area contributed by atoms with Crippen LogP contribution in [0.3, 0.4) is 0 Å². The first-order chi connectivity index (χ1) is 16.3. The summed E-state index contributed by atoms with van der Waals surface area (Å²) in [5.74, 6) is 0.829. The van der Waals surface area contributed by atoms with Gasteiger partial charge in [0.05, 0.1) is 36.6 Å². The fourth-order valence-electron chi connectivity index (χ4n) is 3.81. The molecule has 178 valence electrons. The summed E-state index contributed by atoms with van der Waals surface area (Å²) < 4.78 is 23.3. The van der Waals surface area contributed by atoms with Crippen LogP contribution in [0.5, 0.6) is 17.2 Å². The minimum absolute atomic E-state index is 0.133. The number of methoxy groups -OCH3 is 2. The van der Waals surface area contributed by atoms with Gasteiger partial charge in [0.15, 0.2) is 16.3 Å². The van der Waals surface area contributed by atoms with Crippen LogP contribution >= 0.6 is 11.3 Å². The van der Waals surface area contributed by atoms with Crippen LogP contribution in [0.4, 0.5) is 0 Å². The first-order valence-electron chi connectivity index (χ1n) is 10.5. The number of hydrogen-bond donors (Lipinski definition) is 1. The molecule has 1 aliphatic rings. The number of ether oxygens (including phenoxy) is 3. The van der Waals surface area contributed by atoms with Gasteiger partial charge in [0.2, 0.25) is 5.75 Å². The number of rotatable bonds is 6. The molecule has 2 aromatic heterocycles. The van der Waals surface area contributed by atoms with Crippen molar-refractivity contribution in [1.29, 1.82) is 0 Å². The number of thiazole rings is 1. The van der Waals surface area contributed by atoms with Gasteiger partial charge < -0.3 is 23.7 Å². The number of carbonyl (C=O) groups excluding carboxylic acids is 1. The third-order valence-electron chi connectivity index (χ3n) is 5.35. The standard InChI is InChI=1S/C24H24N2O7S/c1-6-32-23(29)19-13(3)25-24-26(20(19)15-8-7-12(2)33-15)22(28)18(34-24)11-14-9-16(30-4)21(27)17(10-14)31-5/h7-11,20,27H,6H2,1-5H3/b18-11+/t20-/m0/s1. The molecule has 0 unspecified atom stereocenters. The van der Waals surface area contributed by atoms with E-state index in [1.54, 1.807) is 51.1 Å². The van der Waals surface area contributed by atoms with E-state index in [9.17, 15) is 14.7 Å². The van der Waals surface area contributed by atoms with Crippen LogP contribution in [0.15, 0.2) is 49.7 Å². The van der Waals surface area contributed by atoms with Crippen LogP contribution in [0.2, 0.25) is 0 Å². The average Bonchev–Trinajstić information content (AvgIpc) is 3.36. The van der Waals surface area contributed by atoms with Crippen LogP contribution in [-0.2, 0) is 9.53 Å². The predicted molar refractivity (Wildman–Crippen MR) is 125 cm³/mol. The highest BCUT2D eigenvalue weighted by Crippen LogP contribution is 2.37. The number of aromatic nitrogens is 1. The third kappa shape index (κ3) is 4.01. The average molecular weight is 485 g/mol. The van der Waals surface area contributed by atoms with Gasteiger partial charge in [-0.25, -0.2) is 9.79 Å². The zero-order valence-corrected chi connectivity index (χ0v) is 20.2. The van der Waals surface area contributed by atoms with Crippen molar-refractivity contribution in [2.45, 2.75) is 26.8 Å². The second-order valence-electron chi connectivity index (χ2n) is 7.52. The zero-order valence-electron chi connectivity index (χ0n) is 19.4. The number of benzene rings is 1. The monoisotopic (exact) mass is 484 g/mol. The second-order valence-corrected chi connectivity index (χ2v) is 8.53. The van der Waals surface area contributed by atoms with Crippen LogP contribution in [0, 0.1) is 6.92 Å². The summed E-state index contributed by atoms with van der Waals surface area (Å²) in [6, 6.07) is 5.90. The van der Waals surface area contributed by atoms with Gasteiger partial charge in [0.1, 0.15) is 17.6 Å². The minimum Gasteiger partial charge on any atom is -0.502 e. The highest BCUT2D eigenvalue weighted by atomic mass is 32.1. The number of hydrogen-bond acceptors (Lipinski definition) is 9. The Kier molecular flexibility index (Phi) is 6.34. The molecule has 1 atom stereocenters. The SMILES string of the molecule is CCOC(=O)C1=C(C)N=c2s/c(=C/c3cc(OC)c(O)c(OC)c3)c(=O)n2[C@H]1c1ccc(C)o1. The molecular weight excluding hydrogens is 460 g/mol. The molecule has 34 heavy (non-hydrogen) atoms. The molecule has 0 fully saturated rings. The molecule has 0 saturated carbocycles. The van der Waals surface area contributed by atoms with Crippen molar-refractivity contribution in [3.63, 3.8) is 0 Å². The molecule has 3 aromatic rings. The van der Waals surface area contributed by atoms with E-state index in [2.05, 4.69) is 4.99 Å². The Morgan fingerprint density at radius 3 is 2.47 bits per heavy atom. The maximum absolute atomic E-state index is 13.6. The van der Waals surface area contributed by atoms with Crippen molar-refractivity contribution in [1.82, 2.24) is 4.57 Å². The van der Waals surface area contributed by atoms with Crippen molar-refractivity contribution in [3.8, 4) is 17.2 Å². The summed E-state index contributed by atoms with van der Waals surface area (Å²) >= 11 is 1.18. The number of esters is 1. The number of nitrogens with zero attached hydrogens (tertiary/aromatic N) is 2. The van der Waals surface area contributed by atoms with E-state index in [4.69, 9.17) is 18.6 Å². The van der Waals surface area contributed by atoms with Gasteiger partial charge in [-0.2, -0.15) is 0 Å². The first kappa shape index (κ1) is 23.4. The van der Waals surface area contributed by atoms with E-state index in [0.29, 0.717) is 32.1 Å². The summed E-state index contributed by atoms with van der Waals surface area (Å²) in [5.41, 5.74) is 0.952. The van der Waals surface area contributed by atoms with Gasteiger partial charge in [-0.1, -0.05) is 11.3 Å². The van der Waals surface area contributed by atoms with Crippen LogP contribution in [-0.4, -0.2) is 36.5 Å². The molecule has 1 N–H and O–H groups in total. The maximum Gasteiger partial charge on any atom is 0.338 e. The molecular formula is C24H24N2O7S. The van der Waals surface area contributed by atoms with Gasteiger partial charge in [-0.15, -0.1) is 0 Å². The smallest absolute Gasteiger partial charge is 0.338 e. The van der Waals surface area contributed by atoms with E-state index < -0.39 is 12.0 Å². The molecule has 10 heteroatoms. The number of fused-ring (bicyclic) bond motifs is 1. The molecule has 0 radical (unpaired) electrons. The van der Waals surface area contributed by atoms with Gasteiger partial charge in [0.25, 0.3) is 5.56 Å². The highest BCUT2D eigenvalue weighted by Gasteiger charge is 2.35. The first-order valence-corrected chi connectivity index (χ1v) is 11.3. The Hall–Kier alpha value is -3.79. The van der Waals surface area contributed by atoms with Crippen molar-refractivity contribution < 1.29 is 28.5 Å². The fourth-order valence-corrected chi connectivity index (χ4v) is 4.86. The van der Waals surface area contributed by atoms with Gasteiger partial charge in [-0.3, -0.25) is 9.36 Å². The van der Waals surface area contributed by atoms with Crippen molar-refractivity contribution in [3.05, 3.63) is 72.3 Å². The lowest BCUT2D eigenvalue weighted by atomic mass is 10.0. The lowest BCUT2D eigenvalue weighted by Crippen LogP contribution is -2.39. The van der Waals surface area contributed by atoms with Crippen LogP contribution in [0.25, 0.3) is 6.08 Å². The number of phenolic OH excluding ortho intramolecular Hbond substituents is 1. The minimum atomic E-state index is -0.810. The molecule has 1 aliphatic heterocycles. The molecule has 0 bridgehead atoms. The molecule has 0 spiro atoms. The summed E-state index contributed by atoms with van der Waals surface area (Å²) in [6.07, 6.45) is 1.65. The summed E-state index contributed by atoms with van der Waals surface area (Å²) in [4.78, 5) is 31.4. The molecule has 0 saturated heterocycles. The van der Waals surface area contributed by atoms with E-state index in [1.807, 2.05) is 0 Å². The van der Waals surface area contributed by atoms with Crippen molar-refractivity contribution in [2.75, 3.05) is 20.8 Å². The van der Waals surface area contributed by atoms with E-state index in [1.165, 1.54) is 30.1 Å². The highest BCUT2D eigenvalue weighted by molar-refractivity contribution is 7.07. The Labute approximate surface area is 198 Å². The number of furan rings is 1. The number of carbonyl (C=O) groups is 1. The Bertz CT molecular complexity index is 1450. The van der Waals surface area contributed by atoms with Gasteiger partial charge >= 0.3 is 5.97 Å². The van der Waals surface area contributed by atoms with Crippen LogP contribution in [0.1, 0.15) is 37.0 Å². The molecule has 0 amide bonds. The van der Waals surface area contributed by atoms with Crippen molar-refractivity contribution >= 4 is 23.4 Å². The lowest BCUT2D eigenvalue weighted by Gasteiger charge is -2.22. The maximum atomic E-state index is 13.6. The van der Waals surface area contributed by atoms with E-state index >= 15 is 0 Å². The second kappa shape index (κ2) is 9.22. The Morgan fingerprint density at radius 2 is 1.91 bits per heavy atom. The summed E-state index contributed by atoms with van der Waals surface area (Å²) in [6.45, 7) is 5.41. The number of allylic oxidation sites excluding steroid dienone is 1. The van der Waals surface area contributed by atoms with Gasteiger partial charge in [0, 0.05) is 0 Å². The molecule has 0 aliphatic carbocycles. The molecule has 1 aromatic carbocycles. The molecule has 3 heterocycles. The third-order valence-corrected chi connectivity index (χ3v) is 6.33. The quantitative estimate of drug-likeness (QED) is 0.535. The fraction of sp³-hybridized carbons (Fsp3) is 0.292. The zero-order chi connectivity index (χ0) is 24.6. The Balaban J connectivity index is 1.94. The van der Waals surface area contributed by atoms with Crippen LogP contribution < -0.4 is 24.4 Å². The van der Waals surface area contributed by atoms with Crippen molar-refractivity contribution in [2.24, 2.45) is 4.99 Å². The van der Waals surface area contributed by atoms with E-state index in [0.717, 1.165) is 0 Å². The lowest BCUT2D eigenvalue weighted by molar-refractivity contribution is -0.139. The number of aryl methyl sites for hydroxylation is 1. The normalized spacial score (nSPS) is 15.7. The molecule has 4 rings (SSSR count). The predicted octanol–water partition coefficient (Wildman–Crippen LogP) is 2.42. The topological polar surface area (TPSA) is 112 Å². The number of aromatic hydroxyl groups is 1. The number of phenols is 1. The summed E-state index contributed by atoms with van der Waals surface area (Å²) in [7, 11) is 2.86. The summed E-state index contributed by atoms with van der Waals surface area (Å²) in [5, 5.41) is 10.2. The largest absolute Gasteiger partial charge is 0.502 e. The molecule has 9 nitrogen and oxygen atoms in total. The van der Waals surface area contributed by atoms with Gasteiger partial charge in [-0.05, 0) is 56.7 Å². The Morgan fingerprint density at radius 1 is 1.24 bits per heavy atom.